The third-order valence-electron chi connectivity index (χ3n) is 7.10. The van der Waals surface area contributed by atoms with Crippen molar-refractivity contribution in [2.75, 3.05) is 27.9 Å². The summed E-state index contributed by atoms with van der Waals surface area (Å²) in [5.41, 5.74) is -0.389. The van der Waals surface area contributed by atoms with Crippen LogP contribution in [0.4, 0.5) is 0 Å². The summed E-state index contributed by atoms with van der Waals surface area (Å²) >= 11 is 0. The third-order valence-corrected chi connectivity index (χ3v) is 8.54. The minimum atomic E-state index is -3.72. The number of ether oxygens (including phenoxy) is 3. The van der Waals surface area contributed by atoms with E-state index in [0.717, 1.165) is 37.5 Å². The molecule has 7 heteroatoms. The zero-order valence-electron chi connectivity index (χ0n) is 16.2. The van der Waals surface area contributed by atoms with Gasteiger partial charge in [0.15, 0.2) is 0 Å². The minimum Gasteiger partial charge on any atom is -0.497 e. The van der Waals surface area contributed by atoms with Gasteiger partial charge in [-0.2, -0.15) is 0 Å². The first-order valence-corrected chi connectivity index (χ1v) is 11.2. The van der Waals surface area contributed by atoms with Crippen molar-refractivity contribution >= 4 is 10.0 Å². The molecule has 0 unspecified atom stereocenters. The molecule has 4 aliphatic carbocycles. The third kappa shape index (κ3) is 3.13. The fourth-order valence-corrected chi connectivity index (χ4v) is 7.18. The summed E-state index contributed by atoms with van der Waals surface area (Å²) in [4.78, 5) is 0.126. The number of benzene rings is 1. The predicted octanol–water partition coefficient (Wildman–Crippen LogP) is 2.82. The highest BCUT2D eigenvalue weighted by molar-refractivity contribution is 7.89. The molecule has 0 atom stereocenters. The van der Waals surface area contributed by atoms with Gasteiger partial charge in [-0.3, -0.25) is 0 Å². The van der Waals surface area contributed by atoms with Crippen molar-refractivity contribution in [3.05, 3.63) is 18.2 Å². The number of rotatable bonds is 7. The molecule has 5 rings (SSSR count). The van der Waals surface area contributed by atoms with Crippen LogP contribution in [0.2, 0.25) is 0 Å². The SMILES string of the molecule is COc1ccc(S(=O)(=O)NCC2(OC)C3CC4CC(C3)CC2C4)c(OC)c1. The molecule has 150 valence electrons. The molecule has 0 saturated heterocycles. The molecule has 0 aliphatic heterocycles. The smallest absolute Gasteiger partial charge is 0.244 e. The number of hydrogen-bond donors (Lipinski definition) is 1. The molecule has 4 fully saturated rings. The van der Waals surface area contributed by atoms with Crippen molar-refractivity contribution < 1.29 is 22.6 Å². The number of methoxy groups -OCH3 is 3. The van der Waals surface area contributed by atoms with Crippen LogP contribution in [0.3, 0.4) is 0 Å². The van der Waals surface area contributed by atoms with Crippen molar-refractivity contribution in [1.29, 1.82) is 0 Å². The van der Waals surface area contributed by atoms with Gasteiger partial charge in [0, 0.05) is 19.7 Å². The summed E-state index contributed by atoms with van der Waals surface area (Å²) < 4.78 is 45.4. The maximum absolute atomic E-state index is 13.0. The highest BCUT2D eigenvalue weighted by Gasteiger charge is 2.57. The molecule has 4 saturated carbocycles. The van der Waals surface area contributed by atoms with Crippen LogP contribution >= 0.6 is 0 Å². The van der Waals surface area contributed by atoms with Crippen molar-refractivity contribution in [3.8, 4) is 11.5 Å². The second-order valence-electron chi connectivity index (χ2n) is 8.30. The van der Waals surface area contributed by atoms with Crippen LogP contribution in [-0.2, 0) is 14.8 Å². The molecule has 6 nitrogen and oxygen atoms in total. The lowest BCUT2D eigenvalue weighted by molar-refractivity contribution is -0.185. The first kappa shape index (κ1) is 19.0. The van der Waals surface area contributed by atoms with Crippen LogP contribution in [-0.4, -0.2) is 41.9 Å². The highest BCUT2D eigenvalue weighted by Crippen LogP contribution is 2.59. The van der Waals surface area contributed by atoms with Crippen LogP contribution in [0.5, 0.6) is 11.5 Å². The lowest BCUT2D eigenvalue weighted by Gasteiger charge is -2.60. The summed E-state index contributed by atoms with van der Waals surface area (Å²) in [5, 5.41) is 0. The minimum absolute atomic E-state index is 0.126. The van der Waals surface area contributed by atoms with Gasteiger partial charge in [0.1, 0.15) is 16.4 Å². The number of nitrogens with one attached hydrogen (secondary N) is 1. The van der Waals surface area contributed by atoms with Gasteiger partial charge in [-0.05, 0) is 67.9 Å². The lowest BCUT2D eigenvalue weighted by atomic mass is 9.50. The Morgan fingerprint density at radius 3 is 2.15 bits per heavy atom. The van der Waals surface area contributed by atoms with Gasteiger partial charge in [-0.1, -0.05) is 0 Å². The molecule has 1 aromatic carbocycles. The van der Waals surface area contributed by atoms with Gasteiger partial charge in [0.25, 0.3) is 0 Å². The van der Waals surface area contributed by atoms with Crippen LogP contribution in [0.15, 0.2) is 23.1 Å². The second kappa shape index (κ2) is 6.94. The first-order valence-electron chi connectivity index (χ1n) is 9.68. The number of sulfonamides is 1. The van der Waals surface area contributed by atoms with E-state index in [9.17, 15) is 8.42 Å². The Labute approximate surface area is 161 Å². The monoisotopic (exact) mass is 395 g/mol. The van der Waals surface area contributed by atoms with E-state index in [0.29, 0.717) is 24.1 Å². The summed E-state index contributed by atoms with van der Waals surface area (Å²) in [6.07, 6.45) is 5.99. The van der Waals surface area contributed by atoms with Crippen LogP contribution in [0.1, 0.15) is 32.1 Å². The molecule has 0 heterocycles. The van der Waals surface area contributed by atoms with Crippen molar-refractivity contribution in [2.24, 2.45) is 23.7 Å². The van der Waals surface area contributed by atoms with E-state index in [-0.39, 0.29) is 16.2 Å². The Balaban J connectivity index is 1.57. The summed E-state index contributed by atoms with van der Waals surface area (Å²) in [5.74, 6) is 3.32. The van der Waals surface area contributed by atoms with E-state index >= 15 is 0 Å². The first-order chi connectivity index (χ1) is 12.9. The molecule has 1 aromatic rings. The second-order valence-corrected chi connectivity index (χ2v) is 10.0. The van der Waals surface area contributed by atoms with Gasteiger partial charge in [0.05, 0.1) is 19.8 Å². The van der Waals surface area contributed by atoms with E-state index in [1.807, 2.05) is 0 Å². The van der Waals surface area contributed by atoms with E-state index in [4.69, 9.17) is 14.2 Å². The fraction of sp³-hybridized carbons (Fsp3) is 0.700. The van der Waals surface area contributed by atoms with Gasteiger partial charge in [0.2, 0.25) is 10.0 Å². The number of hydrogen-bond acceptors (Lipinski definition) is 5. The highest BCUT2D eigenvalue weighted by atomic mass is 32.2. The van der Waals surface area contributed by atoms with Gasteiger partial charge >= 0.3 is 0 Å². The topological polar surface area (TPSA) is 73.9 Å². The molecule has 0 aromatic heterocycles. The van der Waals surface area contributed by atoms with Crippen molar-refractivity contribution in [2.45, 2.75) is 42.6 Å². The molecule has 0 amide bonds. The normalized spacial score (nSPS) is 34.6. The molecule has 4 bridgehead atoms. The average molecular weight is 396 g/mol. The largest absolute Gasteiger partial charge is 0.497 e. The standard InChI is InChI=1S/C20H29NO5S/c1-24-17-4-5-19(18(11-17)25-2)27(22,23)21-12-20(26-3)15-7-13-6-14(9-15)10-16(20)8-13/h4-5,11,13-16,21H,6-10,12H2,1-3H3. The lowest BCUT2D eigenvalue weighted by Crippen LogP contribution is -2.63. The molecule has 0 radical (unpaired) electrons. The Bertz CT molecular complexity index is 779. The zero-order chi connectivity index (χ0) is 19.2. The van der Waals surface area contributed by atoms with E-state index in [2.05, 4.69) is 4.72 Å². The molecule has 1 N–H and O–H groups in total. The van der Waals surface area contributed by atoms with Gasteiger partial charge in [-0.15, -0.1) is 0 Å². The maximum atomic E-state index is 13.0. The van der Waals surface area contributed by atoms with E-state index in [1.165, 1.54) is 26.7 Å². The van der Waals surface area contributed by atoms with Gasteiger partial charge in [-0.25, -0.2) is 13.1 Å². The van der Waals surface area contributed by atoms with E-state index in [1.54, 1.807) is 19.2 Å². The van der Waals surface area contributed by atoms with Gasteiger partial charge < -0.3 is 14.2 Å². The Hall–Kier alpha value is -1.31. The van der Waals surface area contributed by atoms with Crippen LogP contribution in [0.25, 0.3) is 0 Å². The van der Waals surface area contributed by atoms with Crippen molar-refractivity contribution in [1.82, 2.24) is 4.72 Å². The molecular weight excluding hydrogens is 366 g/mol. The van der Waals surface area contributed by atoms with E-state index < -0.39 is 10.0 Å². The Morgan fingerprint density at radius 2 is 1.63 bits per heavy atom. The average Bonchev–Trinajstić information content (AvgIpc) is 2.67. The predicted molar refractivity (Wildman–Crippen MR) is 102 cm³/mol. The molecular formula is C20H29NO5S. The Morgan fingerprint density at radius 1 is 1.00 bits per heavy atom. The quantitative estimate of drug-likeness (QED) is 0.768. The van der Waals surface area contributed by atoms with Crippen LogP contribution < -0.4 is 14.2 Å². The zero-order valence-corrected chi connectivity index (χ0v) is 17.1. The molecule has 4 aliphatic rings. The van der Waals surface area contributed by atoms with Crippen LogP contribution in [0, 0.1) is 23.7 Å². The van der Waals surface area contributed by atoms with Crippen molar-refractivity contribution in [3.63, 3.8) is 0 Å². The summed E-state index contributed by atoms with van der Waals surface area (Å²) in [6, 6.07) is 4.74. The molecule has 0 spiro atoms. The fourth-order valence-electron chi connectivity index (χ4n) is 5.96. The Kier molecular flexibility index (Phi) is 4.89. The molecule has 27 heavy (non-hydrogen) atoms. The summed E-state index contributed by atoms with van der Waals surface area (Å²) in [7, 11) is 1.02. The summed E-state index contributed by atoms with van der Waals surface area (Å²) in [6.45, 7) is 0.315. The maximum Gasteiger partial charge on any atom is 0.244 e.